The Balaban J connectivity index is 1.47. The second kappa shape index (κ2) is 11.6. The number of rotatable bonds is 9. The number of amides is 2. The van der Waals surface area contributed by atoms with Crippen LogP contribution in [0.2, 0.25) is 0 Å². The lowest BCUT2D eigenvalue weighted by Gasteiger charge is -2.13. The normalized spacial score (nSPS) is 11.1. The molecule has 2 aromatic heterocycles. The molecule has 2 amide bonds. The quantitative estimate of drug-likeness (QED) is 0.305. The van der Waals surface area contributed by atoms with E-state index in [9.17, 15) is 22.8 Å². The first-order chi connectivity index (χ1) is 18.7. The van der Waals surface area contributed by atoms with Crippen LogP contribution in [-0.4, -0.2) is 44.7 Å². The highest BCUT2D eigenvalue weighted by Crippen LogP contribution is 2.30. The fourth-order valence-corrected chi connectivity index (χ4v) is 3.50. The third-order valence-electron chi connectivity index (χ3n) is 5.29. The summed E-state index contributed by atoms with van der Waals surface area (Å²) in [4.78, 5) is 29.3. The van der Waals surface area contributed by atoms with Gasteiger partial charge in [-0.05, 0) is 61.9 Å². The number of benzene rings is 2. The van der Waals surface area contributed by atoms with Gasteiger partial charge in [-0.3, -0.25) is 9.59 Å². The average molecular weight is 541 g/mol. The lowest BCUT2D eigenvalue weighted by atomic mass is 10.2. The summed E-state index contributed by atoms with van der Waals surface area (Å²) >= 11 is 0. The summed E-state index contributed by atoms with van der Waals surface area (Å²) in [5, 5.41) is 13.1. The molecule has 0 spiro atoms. The van der Waals surface area contributed by atoms with Crippen molar-refractivity contribution in [2.24, 2.45) is 0 Å². The van der Waals surface area contributed by atoms with Gasteiger partial charge in [-0.1, -0.05) is 24.3 Å². The van der Waals surface area contributed by atoms with Crippen molar-refractivity contribution in [1.29, 1.82) is 0 Å². The summed E-state index contributed by atoms with van der Waals surface area (Å²) in [5.41, 5.74) is 0.628. The van der Waals surface area contributed by atoms with Crippen LogP contribution < -0.4 is 20.1 Å². The highest BCUT2D eigenvalue weighted by atomic mass is 19.4. The monoisotopic (exact) mass is 540 g/mol. The Labute approximate surface area is 220 Å². The number of anilines is 1. The zero-order valence-corrected chi connectivity index (χ0v) is 20.8. The number of para-hydroxylation sites is 2. The van der Waals surface area contributed by atoms with Gasteiger partial charge in [0.15, 0.2) is 22.9 Å². The molecule has 0 unspecified atom stereocenters. The Bertz CT molecular complexity index is 1470. The van der Waals surface area contributed by atoms with Gasteiger partial charge in [0.25, 0.3) is 11.8 Å². The fraction of sp³-hybridized carbons (Fsp3) is 0.192. The molecular weight excluding hydrogens is 517 g/mol. The Kier molecular flexibility index (Phi) is 8.08. The molecule has 0 aliphatic heterocycles. The first-order valence-corrected chi connectivity index (χ1v) is 11.8. The number of nitrogens with zero attached hydrogens (tertiary/aromatic N) is 4. The van der Waals surface area contributed by atoms with Gasteiger partial charge in [0, 0.05) is 18.4 Å². The lowest BCUT2D eigenvalue weighted by molar-refractivity contribution is -0.274. The topological polar surface area (TPSA) is 120 Å². The van der Waals surface area contributed by atoms with Gasteiger partial charge < -0.3 is 20.1 Å². The molecule has 2 heterocycles. The number of nitrogens with one attached hydrogen (secondary N) is 2. The molecule has 2 aromatic carbocycles. The molecule has 0 aliphatic rings. The van der Waals surface area contributed by atoms with Crippen LogP contribution in [0, 0.1) is 6.92 Å². The first kappa shape index (κ1) is 27.1. The summed E-state index contributed by atoms with van der Waals surface area (Å²) in [7, 11) is 0. The minimum atomic E-state index is -4.90. The minimum Gasteiger partial charge on any atom is -0.455 e. The van der Waals surface area contributed by atoms with Crippen LogP contribution in [0.4, 0.5) is 18.9 Å². The van der Waals surface area contributed by atoms with E-state index in [4.69, 9.17) is 4.74 Å². The number of alkyl halides is 3. The standard InChI is InChI=1S/C26H23F3N6O4/c1-3-14-31-24(36)23-21(9-6-15-30-23)38-18-12-10-17(11-13-18)32-25(37)22-16(2)35(34-33-22)19-7-4-5-8-20(19)39-26(27,28)29/h4-13,15H,3,14H2,1-2H3,(H,31,36)(H,32,37). The van der Waals surface area contributed by atoms with Gasteiger partial charge in [-0.15, -0.1) is 18.3 Å². The van der Waals surface area contributed by atoms with Gasteiger partial charge in [0.2, 0.25) is 0 Å². The summed E-state index contributed by atoms with van der Waals surface area (Å²) in [6, 6.07) is 15.0. The van der Waals surface area contributed by atoms with Crippen molar-refractivity contribution in [3.63, 3.8) is 0 Å². The van der Waals surface area contributed by atoms with E-state index in [2.05, 4.69) is 30.7 Å². The van der Waals surface area contributed by atoms with Gasteiger partial charge >= 0.3 is 6.36 Å². The molecule has 0 fully saturated rings. The molecule has 4 aromatic rings. The molecule has 4 rings (SSSR count). The molecule has 202 valence electrons. The number of aromatic nitrogens is 4. The van der Waals surface area contributed by atoms with E-state index in [0.717, 1.165) is 17.2 Å². The van der Waals surface area contributed by atoms with Crippen LogP contribution in [0.15, 0.2) is 66.9 Å². The van der Waals surface area contributed by atoms with Crippen molar-refractivity contribution in [3.8, 4) is 22.9 Å². The molecule has 0 saturated heterocycles. The Morgan fingerprint density at radius 2 is 1.67 bits per heavy atom. The summed E-state index contributed by atoms with van der Waals surface area (Å²) in [6.07, 6.45) is -2.63. The Morgan fingerprint density at radius 3 is 2.38 bits per heavy atom. The SMILES string of the molecule is CCCNC(=O)c1ncccc1Oc1ccc(NC(=O)c2nnn(-c3ccccc3OC(F)(F)F)c2C)cc1. The third-order valence-corrected chi connectivity index (χ3v) is 5.29. The lowest BCUT2D eigenvalue weighted by Crippen LogP contribution is -2.25. The van der Waals surface area contributed by atoms with E-state index in [1.807, 2.05) is 6.92 Å². The van der Waals surface area contributed by atoms with Crippen molar-refractivity contribution in [1.82, 2.24) is 25.3 Å². The summed E-state index contributed by atoms with van der Waals surface area (Å²) < 4.78 is 49.4. The largest absolute Gasteiger partial charge is 0.573 e. The van der Waals surface area contributed by atoms with E-state index in [0.29, 0.717) is 18.0 Å². The van der Waals surface area contributed by atoms with Crippen molar-refractivity contribution >= 4 is 17.5 Å². The molecule has 10 nitrogen and oxygen atoms in total. The van der Waals surface area contributed by atoms with E-state index >= 15 is 0 Å². The predicted molar refractivity (Wildman–Crippen MR) is 134 cm³/mol. The summed E-state index contributed by atoms with van der Waals surface area (Å²) in [6.45, 7) is 3.94. The molecule has 39 heavy (non-hydrogen) atoms. The minimum absolute atomic E-state index is 0.0291. The van der Waals surface area contributed by atoms with Crippen molar-refractivity contribution in [2.45, 2.75) is 26.6 Å². The molecule has 13 heteroatoms. The van der Waals surface area contributed by atoms with Crippen LogP contribution in [-0.2, 0) is 0 Å². The van der Waals surface area contributed by atoms with E-state index < -0.39 is 18.0 Å². The molecule has 2 N–H and O–H groups in total. The molecule has 0 radical (unpaired) electrons. The van der Waals surface area contributed by atoms with Gasteiger partial charge in [0.1, 0.15) is 11.4 Å². The van der Waals surface area contributed by atoms with Crippen LogP contribution in [0.3, 0.4) is 0 Å². The maximum atomic E-state index is 12.9. The van der Waals surface area contributed by atoms with Crippen LogP contribution in [0.1, 0.15) is 40.0 Å². The molecule has 0 bridgehead atoms. The predicted octanol–water partition coefficient (Wildman–Crippen LogP) is 5.05. The van der Waals surface area contributed by atoms with E-state index in [1.54, 1.807) is 36.4 Å². The van der Waals surface area contributed by atoms with E-state index in [-0.39, 0.29) is 34.4 Å². The molecule has 0 aliphatic carbocycles. The maximum Gasteiger partial charge on any atom is 0.573 e. The van der Waals surface area contributed by atoms with Crippen molar-refractivity contribution < 1.29 is 32.2 Å². The number of hydrogen-bond donors (Lipinski definition) is 2. The maximum absolute atomic E-state index is 12.9. The Hall–Kier alpha value is -4.94. The Morgan fingerprint density at radius 1 is 0.949 bits per heavy atom. The number of carbonyl (C=O) groups is 2. The molecule has 0 saturated carbocycles. The second-order valence-corrected chi connectivity index (χ2v) is 8.14. The van der Waals surface area contributed by atoms with Crippen LogP contribution >= 0.6 is 0 Å². The first-order valence-electron chi connectivity index (χ1n) is 11.8. The second-order valence-electron chi connectivity index (χ2n) is 8.14. The van der Waals surface area contributed by atoms with Crippen LogP contribution in [0.5, 0.6) is 17.2 Å². The zero-order valence-electron chi connectivity index (χ0n) is 20.8. The number of halogens is 3. The molecule has 0 atom stereocenters. The van der Waals surface area contributed by atoms with Crippen molar-refractivity contribution in [2.75, 3.05) is 11.9 Å². The molecular formula is C26H23F3N6O4. The summed E-state index contributed by atoms with van der Waals surface area (Å²) in [5.74, 6) is -0.796. The number of ether oxygens (including phenoxy) is 2. The fourth-order valence-electron chi connectivity index (χ4n) is 3.50. The number of carbonyl (C=O) groups excluding carboxylic acids is 2. The van der Waals surface area contributed by atoms with Gasteiger partial charge in [0.05, 0.1) is 5.69 Å². The number of pyridine rings is 1. The zero-order chi connectivity index (χ0) is 28.0. The van der Waals surface area contributed by atoms with Gasteiger partial charge in [-0.25, -0.2) is 9.67 Å². The smallest absolute Gasteiger partial charge is 0.455 e. The van der Waals surface area contributed by atoms with Crippen LogP contribution in [0.25, 0.3) is 5.69 Å². The third kappa shape index (κ3) is 6.69. The van der Waals surface area contributed by atoms with Gasteiger partial charge in [-0.2, -0.15) is 0 Å². The van der Waals surface area contributed by atoms with Crippen molar-refractivity contribution in [3.05, 3.63) is 83.9 Å². The van der Waals surface area contributed by atoms with E-state index in [1.165, 1.54) is 31.3 Å². The number of hydrogen-bond acceptors (Lipinski definition) is 7. The average Bonchev–Trinajstić information content (AvgIpc) is 3.29. The highest BCUT2D eigenvalue weighted by molar-refractivity contribution is 6.03. The highest BCUT2D eigenvalue weighted by Gasteiger charge is 2.33.